The lowest BCUT2D eigenvalue weighted by atomic mass is 10.2. The van der Waals surface area contributed by atoms with Gasteiger partial charge in [-0.3, -0.25) is 10.1 Å². The van der Waals surface area contributed by atoms with Gasteiger partial charge in [0.25, 0.3) is 15.9 Å². The highest BCUT2D eigenvalue weighted by molar-refractivity contribution is 7.92. The van der Waals surface area contributed by atoms with Gasteiger partial charge in [-0.25, -0.2) is 23.1 Å². The number of hydrogen-bond acceptors (Lipinski definition) is 8. The Bertz CT molecular complexity index is 1290. The molecule has 3 aromatic rings. The van der Waals surface area contributed by atoms with Crippen molar-refractivity contribution in [1.82, 2.24) is 15.3 Å². The van der Waals surface area contributed by atoms with Crippen LogP contribution in [0.2, 0.25) is 0 Å². The van der Waals surface area contributed by atoms with Crippen LogP contribution < -0.4 is 20.1 Å². The number of nitrogens with one attached hydrogen (secondary N) is 3. The normalized spacial score (nSPS) is 11.0. The molecule has 36 heavy (non-hydrogen) atoms. The molecule has 0 saturated carbocycles. The third-order valence-electron chi connectivity index (χ3n) is 4.67. The monoisotopic (exact) mass is 529 g/mol. The van der Waals surface area contributed by atoms with Crippen molar-refractivity contribution in [1.29, 1.82) is 0 Å². The van der Waals surface area contributed by atoms with E-state index in [2.05, 4.69) is 25.3 Å². The summed E-state index contributed by atoms with van der Waals surface area (Å²) in [6, 6.07) is 14.2. The minimum absolute atomic E-state index is 0.00342. The van der Waals surface area contributed by atoms with Gasteiger partial charge in [0.2, 0.25) is 5.95 Å². The number of aromatic nitrogens is 2. The molecule has 0 aliphatic carbocycles. The van der Waals surface area contributed by atoms with E-state index in [-0.39, 0.29) is 16.0 Å². The smallest absolute Gasteiger partial charge is 0.264 e. The van der Waals surface area contributed by atoms with Gasteiger partial charge in [0.1, 0.15) is 12.4 Å². The minimum atomic E-state index is -3.88. The number of ether oxygens (including phenoxy) is 2. The molecule has 1 heterocycles. The van der Waals surface area contributed by atoms with E-state index < -0.39 is 15.9 Å². The minimum Gasteiger partial charge on any atom is -0.491 e. The number of anilines is 2. The summed E-state index contributed by atoms with van der Waals surface area (Å²) in [5, 5.41) is 5.51. The molecule has 2 aromatic carbocycles. The van der Waals surface area contributed by atoms with E-state index in [0.717, 1.165) is 0 Å². The Morgan fingerprint density at radius 2 is 1.61 bits per heavy atom. The molecular weight excluding hydrogens is 502 g/mol. The van der Waals surface area contributed by atoms with Crippen molar-refractivity contribution in [2.45, 2.75) is 25.7 Å². The third kappa shape index (κ3) is 7.97. The molecule has 0 atom stereocenters. The van der Waals surface area contributed by atoms with E-state index in [1.807, 2.05) is 6.92 Å². The number of hydrogen-bond donors (Lipinski definition) is 3. The Morgan fingerprint density at radius 1 is 0.972 bits per heavy atom. The van der Waals surface area contributed by atoms with E-state index in [4.69, 9.17) is 21.7 Å². The fourth-order valence-corrected chi connectivity index (χ4v) is 4.23. The van der Waals surface area contributed by atoms with Crippen molar-refractivity contribution in [3.63, 3.8) is 0 Å². The van der Waals surface area contributed by atoms with Gasteiger partial charge < -0.3 is 14.8 Å². The quantitative estimate of drug-likeness (QED) is 0.267. The second-order valence-electron chi connectivity index (χ2n) is 7.58. The fourth-order valence-electron chi connectivity index (χ4n) is 3.07. The van der Waals surface area contributed by atoms with Crippen LogP contribution in [0.25, 0.3) is 0 Å². The average Bonchev–Trinajstić information content (AvgIpc) is 2.81. The van der Waals surface area contributed by atoms with Crippen LogP contribution in [-0.2, 0) is 14.8 Å². The molecule has 0 unspecified atom stereocenters. The molecule has 0 aliphatic heterocycles. The zero-order valence-electron chi connectivity index (χ0n) is 20.1. The van der Waals surface area contributed by atoms with E-state index in [0.29, 0.717) is 48.2 Å². The van der Waals surface area contributed by atoms with E-state index in [1.54, 1.807) is 44.2 Å². The van der Waals surface area contributed by atoms with Gasteiger partial charge in [0, 0.05) is 29.2 Å². The van der Waals surface area contributed by atoms with Crippen molar-refractivity contribution in [2.24, 2.45) is 0 Å². The lowest BCUT2D eigenvalue weighted by molar-refractivity contribution is 0.0977. The summed E-state index contributed by atoms with van der Waals surface area (Å²) in [6.07, 6.45) is 0. The summed E-state index contributed by atoms with van der Waals surface area (Å²) in [6.45, 7) is 6.95. The van der Waals surface area contributed by atoms with Gasteiger partial charge >= 0.3 is 0 Å². The van der Waals surface area contributed by atoms with Gasteiger partial charge in [-0.15, -0.1) is 0 Å². The van der Waals surface area contributed by atoms with Crippen molar-refractivity contribution in [3.8, 4) is 5.75 Å². The largest absolute Gasteiger partial charge is 0.491 e. The van der Waals surface area contributed by atoms with Crippen LogP contribution in [0.15, 0.2) is 59.5 Å². The molecule has 3 rings (SSSR count). The highest BCUT2D eigenvalue weighted by Gasteiger charge is 2.16. The Morgan fingerprint density at radius 3 is 2.22 bits per heavy atom. The second kappa shape index (κ2) is 12.4. The zero-order valence-corrected chi connectivity index (χ0v) is 21.7. The Hall–Kier alpha value is -3.61. The first-order valence-corrected chi connectivity index (χ1v) is 12.9. The summed E-state index contributed by atoms with van der Waals surface area (Å²) in [7, 11) is -3.88. The number of thiocarbonyl (C=S) groups is 1. The second-order valence-corrected chi connectivity index (χ2v) is 9.67. The number of carbonyl (C=O) groups is 1. The van der Waals surface area contributed by atoms with Gasteiger partial charge in [-0.2, -0.15) is 0 Å². The predicted molar refractivity (Wildman–Crippen MR) is 141 cm³/mol. The molecule has 0 radical (unpaired) electrons. The van der Waals surface area contributed by atoms with Crippen LogP contribution in [0, 0.1) is 13.8 Å². The fraction of sp³-hybridized carbons (Fsp3) is 0.250. The molecule has 0 spiro atoms. The number of sulfonamides is 1. The molecule has 1 amide bonds. The molecule has 0 fully saturated rings. The molecule has 190 valence electrons. The maximum absolute atomic E-state index is 12.7. The van der Waals surface area contributed by atoms with Gasteiger partial charge in [0.05, 0.1) is 11.5 Å². The molecule has 12 heteroatoms. The molecule has 3 N–H and O–H groups in total. The van der Waals surface area contributed by atoms with Crippen molar-refractivity contribution in [2.75, 3.05) is 29.9 Å². The lowest BCUT2D eigenvalue weighted by Crippen LogP contribution is -2.34. The molecule has 0 saturated heterocycles. The molecule has 0 bridgehead atoms. The first-order valence-electron chi connectivity index (χ1n) is 11.0. The zero-order chi connectivity index (χ0) is 26.1. The summed E-state index contributed by atoms with van der Waals surface area (Å²) >= 11 is 5.21. The highest BCUT2D eigenvalue weighted by Crippen LogP contribution is 2.17. The number of nitrogens with zero attached hydrogens (tertiary/aromatic N) is 2. The van der Waals surface area contributed by atoms with Crippen molar-refractivity contribution >= 4 is 44.9 Å². The van der Waals surface area contributed by atoms with E-state index >= 15 is 0 Å². The summed E-state index contributed by atoms with van der Waals surface area (Å²) < 4.78 is 38.4. The maximum Gasteiger partial charge on any atom is 0.264 e. The summed E-state index contributed by atoms with van der Waals surface area (Å²) in [4.78, 5) is 20.7. The van der Waals surface area contributed by atoms with Crippen LogP contribution in [0.1, 0.15) is 28.7 Å². The molecule has 10 nitrogen and oxygen atoms in total. The van der Waals surface area contributed by atoms with E-state index in [1.165, 1.54) is 24.3 Å². The van der Waals surface area contributed by atoms with E-state index in [9.17, 15) is 13.2 Å². The third-order valence-corrected chi connectivity index (χ3v) is 6.22. The maximum atomic E-state index is 12.7. The first kappa shape index (κ1) is 27.0. The number of aryl methyl sites for hydroxylation is 2. The average molecular weight is 530 g/mol. The van der Waals surface area contributed by atoms with Crippen LogP contribution in [0.5, 0.6) is 5.75 Å². The molecule has 1 aromatic heterocycles. The predicted octanol–water partition coefficient (Wildman–Crippen LogP) is 3.44. The Balaban J connectivity index is 1.54. The Labute approximate surface area is 215 Å². The van der Waals surface area contributed by atoms with Crippen LogP contribution in [0.3, 0.4) is 0 Å². The SMILES string of the molecule is CCOCCOc1ccc(C(=O)NC(=S)Nc2ccc(S(=O)(=O)Nc3nc(C)cc(C)n3)cc2)cc1. The summed E-state index contributed by atoms with van der Waals surface area (Å²) in [5.74, 6) is 0.231. The van der Waals surface area contributed by atoms with Crippen LogP contribution >= 0.6 is 12.2 Å². The Kier molecular flexibility index (Phi) is 9.28. The van der Waals surface area contributed by atoms with Gasteiger partial charge in [-0.1, -0.05) is 0 Å². The van der Waals surface area contributed by atoms with Gasteiger partial charge in [0.15, 0.2) is 5.11 Å². The van der Waals surface area contributed by atoms with Gasteiger partial charge in [-0.05, 0) is 87.6 Å². The first-order chi connectivity index (χ1) is 17.2. The van der Waals surface area contributed by atoms with Crippen LogP contribution in [-0.4, -0.2) is 49.2 Å². The number of rotatable bonds is 10. The topological polar surface area (TPSA) is 132 Å². The number of amides is 1. The number of benzene rings is 2. The van der Waals surface area contributed by atoms with Crippen molar-refractivity contribution < 1.29 is 22.7 Å². The van der Waals surface area contributed by atoms with Crippen LogP contribution in [0.4, 0.5) is 11.6 Å². The highest BCUT2D eigenvalue weighted by atomic mass is 32.2. The standard InChI is InChI=1S/C24H27N5O5S2/c1-4-33-13-14-34-20-9-5-18(6-10-20)22(30)28-24(35)27-19-7-11-21(12-8-19)36(31,32)29-23-25-16(2)15-17(3)26-23/h5-12,15H,4,13-14H2,1-3H3,(H,25,26,29)(H2,27,28,30,35). The molecular formula is C24H27N5O5S2. The summed E-state index contributed by atoms with van der Waals surface area (Å²) in [5.41, 5.74) is 2.20. The molecule has 0 aliphatic rings. The number of carbonyl (C=O) groups excluding carboxylic acids is 1. The van der Waals surface area contributed by atoms with Crippen molar-refractivity contribution in [3.05, 3.63) is 71.5 Å². The lowest BCUT2D eigenvalue weighted by Gasteiger charge is -2.11.